The molecule has 5 heteroatoms. The molecule has 2 atom stereocenters. The zero-order valence-electron chi connectivity index (χ0n) is 16.9. The number of nitrogens with zero attached hydrogens (tertiary/aromatic N) is 2. The molecule has 0 unspecified atom stereocenters. The topological polar surface area (TPSA) is 66.9 Å². The van der Waals surface area contributed by atoms with Crippen molar-refractivity contribution in [3.8, 4) is 11.1 Å². The molecule has 1 fully saturated rings. The van der Waals surface area contributed by atoms with Crippen molar-refractivity contribution < 1.29 is 4.79 Å². The summed E-state index contributed by atoms with van der Waals surface area (Å²) in [6, 6.07) is 26.2. The first kappa shape index (κ1) is 19.0. The van der Waals surface area contributed by atoms with Crippen LogP contribution >= 0.6 is 0 Å². The molecule has 0 saturated heterocycles. The maximum atomic E-state index is 12.7. The summed E-state index contributed by atoms with van der Waals surface area (Å²) in [4.78, 5) is 20.8. The van der Waals surface area contributed by atoms with Crippen LogP contribution in [0.1, 0.15) is 28.3 Å². The molecule has 1 aliphatic carbocycles. The predicted molar refractivity (Wildman–Crippen MR) is 122 cm³/mol. The highest BCUT2D eigenvalue weighted by Crippen LogP contribution is 2.40. The Labute approximate surface area is 181 Å². The van der Waals surface area contributed by atoms with Crippen molar-refractivity contribution in [2.75, 3.05) is 5.32 Å². The van der Waals surface area contributed by atoms with Crippen molar-refractivity contribution in [1.82, 2.24) is 15.3 Å². The Morgan fingerprint density at radius 2 is 1.58 bits per heavy atom. The van der Waals surface area contributed by atoms with Crippen LogP contribution in [0.5, 0.6) is 0 Å². The quantitative estimate of drug-likeness (QED) is 0.463. The van der Waals surface area contributed by atoms with E-state index in [4.69, 9.17) is 0 Å². The zero-order chi connectivity index (χ0) is 21.0. The summed E-state index contributed by atoms with van der Waals surface area (Å²) in [5.74, 6) is 0.381. The molecule has 3 aromatic carbocycles. The van der Waals surface area contributed by atoms with Gasteiger partial charge in [-0.25, -0.2) is 9.97 Å². The number of benzene rings is 3. The molecule has 5 nitrogen and oxygen atoms in total. The average Bonchev–Trinajstić information content (AvgIpc) is 3.60. The highest BCUT2D eigenvalue weighted by atomic mass is 16.1. The van der Waals surface area contributed by atoms with Crippen LogP contribution in [0, 0.1) is 0 Å². The first-order chi connectivity index (χ1) is 15.3. The molecule has 0 radical (unpaired) electrons. The van der Waals surface area contributed by atoms with Crippen LogP contribution in [0.3, 0.4) is 0 Å². The minimum atomic E-state index is -0.0356. The van der Waals surface area contributed by atoms with Gasteiger partial charge < -0.3 is 10.6 Å². The van der Waals surface area contributed by atoms with Gasteiger partial charge >= 0.3 is 0 Å². The summed E-state index contributed by atoms with van der Waals surface area (Å²) >= 11 is 0. The molecule has 1 amide bonds. The molecule has 5 rings (SSSR count). The highest BCUT2D eigenvalue weighted by Gasteiger charge is 2.39. The van der Waals surface area contributed by atoms with Crippen molar-refractivity contribution in [2.45, 2.75) is 18.4 Å². The lowest BCUT2D eigenvalue weighted by Crippen LogP contribution is -2.26. The highest BCUT2D eigenvalue weighted by molar-refractivity contribution is 5.95. The van der Waals surface area contributed by atoms with Crippen LogP contribution in [0.4, 0.5) is 11.4 Å². The Bertz CT molecular complexity index is 1180. The number of carbonyl (C=O) groups is 1. The summed E-state index contributed by atoms with van der Waals surface area (Å²) in [6.07, 6.45) is 6.10. The van der Waals surface area contributed by atoms with E-state index in [-0.39, 0.29) is 11.9 Å². The summed E-state index contributed by atoms with van der Waals surface area (Å²) in [5.41, 5.74) is 5.79. The molecule has 1 saturated carbocycles. The van der Waals surface area contributed by atoms with E-state index in [2.05, 4.69) is 32.7 Å². The van der Waals surface area contributed by atoms with Crippen LogP contribution in [-0.4, -0.2) is 21.9 Å². The number of hydrogen-bond donors (Lipinski definition) is 2. The minimum absolute atomic E-state index is 0.0356. The van der Waals surface area contributed by atoms with Crippen molar-refractivity contribution in [3.05, 3.63) is 109 Å². The molecular formula is C26H22N4O. The van der Waals surface area contributed by atoms with Crippen LogP contribution in [0.15, 0.2) is 97.6 Å². The Hall–Kier alpha value is -3.99. The van der Waals surface area contributed by atoms with E-state index in [0.29, 0.717) is 11.5 Å². The lowest BCUT2D eigenvalue weighted by Gasteiger charge is -2.10. The van der Waals surface area contributed by atoms with Gasteiger partial charge in [-0.3, -0.25) is 4.79 Å². The number of nitrogens with one attached hydrogen (secondary N) is 2. The van der Waals surface area contributed by atoms with Gasteiger partial charge in [-0.05, 0) is 47.9 Å². The Morgan fingerprint density at radius 1 is 0.806 bits per heavy atom. The third-order valence-corrected chi connectivity index (χ3v) is 5.53. The molecule has 1 heterocycles. The average molecular weight is 406 g/mol. The van der Waals surface area contributed by atoms with E-state index < -0.39 is 0 Å². The molecule has 2 N–H and O–H groups in total. The van der Waals surface area contributed by atoms with E-state index in [1.165, 1.54) is 11.9 Å². The fourth-order valence-corrected chi connectivity index (χ4v) is 3.77. The van der Waals surface area contributed by atoms with Crippen molar-refractivity contribution >= 4 is 17.3 Å². The maximum Gasteiger partial charge on any atom is 0.251 e. The van der Waals surface area contributed by atoms with E-state index in [9.17, 15) is 4.79 Å². The third kappa shape index (κ3) is 4.46. The van der Waals surface area contributed by atoms with E-state index in [0.717, 1.165) is 28.9 Å². The van der Waals surface area contributed by atoms with Gasteiger partial charge in [0.2, 0.25) is 0 Å². The molecule has 1 aliphatic rings. The molecule has 0 bridgehead atoms. The van der Waals surface area contributed by atoms with E-state index >= 15 is 0 Å². The fourth-order valence-electron chi connectivity index (χ4n) is 3.77. The van der Waals surface area contributed by atoms with Gasteiger partial charge in [0.1, 0.15) is 6.33 Å². The summed E-state index contributed by atoms with van der Waals surface area (Å²) in [7, 11) is 0. The standard InChI is InChI=1S/C26H22N4O/c31-26(30-25-14-24(25)19-5-2-1-3-6-19)20-7-4-8-23(13-20)29-22-11-9-18(10-12-22)21-15-27-17-28-16-21/h1-13,15-17,24-25,29H,14H2,(H,30,31)/t24-,25+/m0/s1. The second-order valence-electron chi connectivity index (χ2n) is 7.74. The monoisotopic (exact) mass is 406 g/mol. The number of amides is 1. The van der Waals surface area contributed by atoms with Crippen LogP contribution in [-0.2, 0) is 0 Å². The molecule has 1 aromatic heterocycles. The van der Waals surface area contributed by atoms with Gasteiger partial charge in [0, 0.05) is 46.9 Å². The SMILES string of the molecule is O=C(N[C@@H]1C[C@H]1c1ccccc1)c1cccc(Nc2ccc(-c3cncnc3)cc2)c1. The smallest absolute Gasteiger partial charge is 0.251 e. The van der Waals surface area contributed by atoms with Gasteiger partial charge in [-0.2, -0.15) is 0 Å². The zero-order valence-corrected chi connectivity index (χ0v) is 16.9. The third-order valence-electron chi connectivity index (χ3n) is 5.53. The lowest BCUT2D eigenvalue weighted by atomic mass is 10.1. The van der Waals surface area contributed by atoms with Gasteiger partial charge in [-0.1, -0.05) is 48.5 Å². The van der Waals surface area contributed by atoms with Crippen LogP contribution < -0.4 is 10.6 Å². The largest absolute Gasteiger partial charge is 0.356 e. The van der Waals surface area contributed by atoms with Gasteiger partial charge in [0.15, 0.2) is 0 Å². The fraction of sp³-hybridized carbons (Fsp3) is 0.115. The summed E-state index contributed by atoms with van der Waals surface area (Å²) < 4.78 is 0. The maximum absolute atomic E-state index is 12.7. The van der Waals surface area contributed by atoms with Crippen LogP contribution in [0.2, 0.25) is 0 Å². The minimum Gasteiger partial charge on any atom is -0.356 e. The first-order valence-corrected chi connectivity index (χ1v) is 10.3. The molecule has 4 aromatic rings. The number of anilines is 2. The molecule has 0 spiro atoms. The summed E-state index contributed by atoms with van der Waals surface area (Å²) in [5, 5.41) is 6.53. The van der Waals surface area contributed by atoms with Crippen molar-refractivity contribution in [2.24, 2.45) is 0 Å². The molecule has 152 valence electrons. The van der Waals surface area contributed by atoms with Crippen LogP contribution in [0.25, 0.3) is 11.1 Å². The number of carbonyl (C=O) groups excluding carboxylic acids is 1. The summed E-state index contributed by atoms with van der Waals surface area (Å²) in [6.45, 7) is 0. The predicted octanol–water partition coefficient (Wildman–Crippen LogP) is 5.17. The second kappa shape index (κ2) is 8.40. The number of hydrogen-bond acceptors (Lipinski definition) is 4. The lowest BCUT2D eigenvalue weighted by molar-refractivity contribution is 0.0950. The van der Waals surface area contributed by atoms with Gasteiger partial charge in [0.25, 0.3) is 5.91 Å². The normalized spacial score (nSPS) is 17.0. The number of aromatic nitrogens is 2. The number of rotatable bonds is 6. The van der Waals surface area contributed by atoms with E-state index in [1.807, 2.05) is 66.7 Å². The molecular weight excluding hydrogens is 384 g/mol. The Balaban J connectivity index is 1.23. The molecule has 0 aliphatic heterocycles. The van der Waals surface area contributed by atoms with Crippen molar-refractivity contribution in [1.29, 1.82) is 0 Å². The van der Waals surface area contributed by atoms with Crippen molar-refractivity contribution in [3.63, 3.8) is 0 Å². The Kier molecular flexibility index (Phi) is 5.15. The first-order valence-electron chi connectivity index (χ1n) is 10.3. The van der Waals surface area contributed by atoms with E-state index in [1.54, 1.807) is 12.4 Å². The second-order valence-corrected chi connectivity index (χ2v) is 7.74. The molecule has 31 heavy (non-hydrogen) atoms. The van der Waals surface area contributed by atoms with Gasteiger partial charge in [-0.15, -0.1) is 0 Å². The van der Waals surface area contributed by atoms with Gasteiger partial charge in [0.05, 0.1) is 0 Å². The Morgan fingerprint density at radius 3 is 2.35 bits per heavy atom.